The topological polar surface area (TPSA) is 86.2 Å². The molecule has 0 spiro atoms. The van der Waals surface area contributed by atoms with Crippen LogP contribution in [0.25, 0.3) is 10.8 Å². The number of hydrogen-bond donors (Lipinski definition) is 2. The van der Waals surface area contributed by atoms with Crippen molar-refractivity contribution in [2.45, 2.75) is 6.92 Å². The van der Waals surface area contributed by atoms with Gasteiger partial charge in [0.15, 0.2) is 0 Å². The average Bonchev–Trinajstić information content (AvgIpc) is 2.26. The number of benzene rings is 2. The van der Waals surface area contributed by atoms with E-state index in [1.54, 1.807) is 19.1 Å². The maximum atomic E-state index is 11.5. The van der Waals surface area contributed by atoms with E-state index in [1.165, 1.54) is 0 Å². The van der Waals surface area contributed by atoms with Crippen LogP contribution in [0.15, 0.2) is 30.3 Å². The van der Waals surface area contributed by atoms with Crippen LogP contribution in [-0.4, -0.2) is 11.8 Å². The van der Waals surface area contributed by atoms with E-state index in [0.717, 1.165) is 5.39 Å². The Hall–Kier alpha value is -2.36. The minimum Gasteiger partial charge on any atom is -0.366 e. The summed E-state index contributed by atoms with van der Waals surface area (Å²) in [4.78, 5) is 22.9. The van der Waals surface area contributed by atoms with Gasteiger partial charge >= 0.3 is 0 Å². The van der Waals surface area contributed by atoms with Crippen molar-refractivity contribution in [1.82, 2.24) is 0 Å². The first kappa shape index (κ1) is 11.1. The lowest BCUT2D eigenvalue weighted by Gasteiger charge is -2.11. The average molecular weight is 228 g/mol. The first-order valence-electron chi connectivity index (χ1n) is 5.14. The zero-order chi connectivity index (χ0) is 12.6. The van der Waals surface area contributed by atoms with Crippen molar-refractivity contribution in [2.75, 3.05) is 0 Å². The fourth-order valence-electron chi connectivity index (χ4n) is 2.06. The molecule has 0 saturated heterocycles. The molecule has 0 bridgehead atoms. The van der Waals surface area contributed by atoms with E-state index in [0.29, 0.717) is 10.9 Å². The minimum absolute atomic E-state index is 0.202. The number of carbonyl (C=O) groups excluding carboxylic acids is 2. The number of hydrogen-bond acceptors (Lipinski definition) is 2. The van der Waals surface area contributed by atoms with Gasteiger partial charge in [-0.15, -0.1) is 0 Å². The molecule has 4 N–H and O–H groups in total. The number of aryl methyl sites for hydroxylation is 1. The van der Waals surface area contributed by atoms with Crippen molar-refractivity contribution in [2.24, 2.45) is 11.5 Å². The summed E-state index contributed by atoms with van der Waals surface area (Å²) in [7, 11) is 0. The van der Waals surface area contributed by atoms with Crippen molar-refractivity contribution in [3.05, 3.63) is 47.0 Å². The molecule has 0 aromatic heterocycles. The van der Waals surface area contributed by atoms with Crippen LogP contribution in [0, 0.1) is 6.92 Å². The molecule has 4 heteroatoms. The van der Waals surface area contributed by atoms with E-state index in [2.05, 4.69) is 0 Å². The van der Waals surface area contributed by atoms with Gasteiger partial charge in [-0.05, 0) is 23.3 Å². The highest BCUT2D eigenvalue weighted by Crippen LogP contribution is 2.25. The highest BCUT2D eigenvalue weighted by molar-refractivity contribution is 6.15. The summed E-state index contributed by atoms with van der Waals surface area (Å²) in [5, 5.41) is 1.52. The quantitative estimate of drug-likeness (QED) is 0.812. The Bertz CT molecular complexity index is 633. The van der Waals surface area contributed by atoms with Crippen LogP contribution < -0.4 is 11.5 Å². The van der Waals surface area contributed by atoms with E-state index < -0.39 is 11.8 Å². The summed E-state index contributed by atoms with van der Waals surface area (Å²) >= 11 is 0. The Morgan fingerprint density at radius 1 is 1.00 bits per heavy atom. The lowest BCUT2D eigenvalue weighted by molar-refractivity contribution is 0.0968. The van der Waals surface area contributed by atoms with E-state index >= 15 is 0 Å². The molecular weight excluding hydrogens is 216 g/mol. The van der Waals surface area contributed by atoms with E-state index in [9.17, 15) is 9.59 Å². The number of fused-ring (bicyclic) bond motifs is 1. The van der Waals surface area contributed by atoms with Gasteiger partial charge in [-0.2, -0.15) is 0 Å². The van der Waals surface area contributed by atoms with Crippen LogP contribution in [0.5, 0.6) is 0 Å². The molecule has 0 unspecified atom stereocenters. The van der Waals surface area contributed by atoms with Crippen molar-refractivity contribution in [3.63, 3.8) is 0 Å². The van der Waals surface area contributed by atoms with E-state index in [-0.39, 0.29) is 11.1 Å². The zero-order valence-electron chi connectivity index (χ0n) is 9.36. The highest BCUT2D eigenvalue weighted by atomic mass is 16.2. The van der Waals surface area contributed by atoms with Crippen LogP contribution in [0.3, 0.4) is 0 Å². The monoisotopic (exact) mass is 228 g/mol. The van der Waals surface area contributed by atoms with Gasteiger partial charge < -0.3 is 11.5 Å². The summed E-state index contributed by atoms with van der Waals surface area (Å²) in [5.74, 6) is -1.28. The van der Waals surface area contributed by atoms with Gasteiger partial charge in [-0.25, -0.2) is 0 Å². The number of nitrogens with two attached hydrogens (primary N) is 2. The van der Waals surface area contributed by atoms with Gasteiger partial charge in [-0.1, -0.05) is 30.3 Å². The maximum Gasteiger partial charge on any atom is 0.250 e. The van der Waals surface area contributed by atoms with E-state index in [1.807, 2.05) is 18.2 Å². The molecule has 0 saturated carbocycles. The summed E-state index contributed by atoms with van der Waals surface area (Å²) in [6.45, 7) is 1.74. The predicted octanol–water partition coefficient (Wildman–Crippen LogP) is 1.35. The third kappa shape index (κ3) is 1.73. The fourth-order valence-corrected chi connectivity index (χ4v) is 2.06. The van der Waals surface area contributed by atoms with Crippen molar-refractivity contribution in [1.29, 1.82) is 0 Å². The molecule has 0 atom stereocenters. The fraction of sp³-hybridized carbons (Fsp3) is 0.0769. The largest absolute Gasteiger partial charge is 0.366 e. The minimum atomic E-state index is -0.640. The Labute approximate surface area is 98.2 Å². The Morgan fingerprint density at radius 3 is 2.18 bits per heavy atom. The number of amides is 2. The second kappa shape index (κ2) is 3.90. The standard InChI is InChI=1S/C13H12N2O2/c1-7-6-8-4-2-3-5-9(8)11(13(15)17)10(7)12(14)16/h2-6H,1H3,(H2,14,16)(H2,15,17). The second-order valence-electron chi connectivity index (χ2n) is 3.89. The maximum absolute atomic E-state index is 11.5. The summed E-state index contributed by atoms with van der Waals surface area (Å²) < 4.78 is 0. The lowest BCUT2D eigenvalue weighted by Crippen LogP contribution is -2.22. The van der Waals surface area contributed by atoms with Gasteiger partial charge in [0.1, 0.15) is 0 Å². The number of carbonyl (C=O) groups is 2. The lowest BCUT2D eigenvalue weighted by atomic mass is 9.94. The molecule has 2 aromatic rings. The smallest absolute Gasteiger partial charge is 0.250 e. The first-order valence-corrected chi connectivity index (χ1v) is 5.14. The third-order valence-electron chi connectivity index (χ3n) is 2.74. The second-order valence-corrected chi connectivity index (χ2v) is 3.89. The normalized spacial score (nSPS) is 10.4. The van der Waals surface area contributed by atoms with Gasteiger partial charge in [0.25, 0.3) is 0 Å². The molecule has 0 aliphatic rings. The molecule has 0 fully saturated rings. The number of rotatable bonds is 2. The summed E-state index contributed by atoms with van der Waals surface area (Å²) in [6.07, 6.45) is 0. The van der Waals surface area contributed by atoms with Gasteiger partial charge in [0.05, 0.1) is 11.1 Å². The van der Waals surface area contributed by atoms with Crippen LogP contribution in [-0.2, 0) is 0 Å². The summed E-state index contributed by atoms with van der Waals surface area (Å²) in [5.41, 5.74) is 11.7. The van der Waals surface area contributed by atoms with Crippen molar-refractivity contribution < 1.29 is 9.59 Å². The molecule has 2 rings (SSSR count). The first-order chi connectivity index (χ1) is 8.02. The molecule has 17 heavy (non-hydrogen) atoms. The Balaban J connectivity index is 2.99. The molecule has 4 nitrogen and oxygen atoms in total. The predicted molar refractivity (Wildman–Crippen MR) is 65.7 cm³/mol. The molecular formula is C13H12N2O2. The SMILES string of the molecule is Cc1cc2ccccc2c(C(N)=O)c1C(N)=O. The molecule has 0 heterocycles. The van der Waals surface area contributed by atoms with E-state index in [4.69, 9.17) is 11.5 Å². The van der Waals surface area contributed by atoms with Crippen LogP contribution in [0.2, 0.25) is 0 Å². The van der Waals surface area contributed by atoms with Crippen molar-refractivity contribution >= 4 is 22.6 Å². The molecule has 2 amide bonds. The van der Waals surface area contributed by atoms with Gasteiger partial charge in [-0.3, -0.25) is 9.59 Å². The molecule has 2 aromatic carbocycles. The Kier molecular flexibility index (Phi) is 2.55. The Morgan fingerprint density at radius 2 is 1.59 bits per heavy atom. The van der Waals surface area contributed by atoms with Crippen LogP contribution >= 0.6 is 0 Å². The molecule has 0 radical (unpaired) electrons. The summed E-state index contributed by atoms with van der Waals surface area (Å²) in [6, 6.07) is 9.08. The molecule has 0 aliphatic carbocycles. The number of primary amides is 2. The highest BCUT2D eigenvalue weighted by Gasteiger charge is 2.18. The third-order valence-corrected chi connectivity index (χ3v) is 2.74. The van der Waals surface area contributed by atoms with Crippen molar-refractivity contribution in [3.8, 4) is 0 Å². The van der Waals surface area contributed by atoms with Gasteiger partial charge in [0.2, 0.25) is 11.8 Å². The van der Waals surface area contributed by atoms with Crippen LogP contribution in [0.1, 0.15) is 26.3 Å². The van der Waals surface area contributed by atoms with Gasteiger partial charge in [0, 0.05) is 0 Å². The zero-order valence-corrected chi connectivity index (χ0v) is 9.36. The molecule has 86 valence electrons. The van der Waals surface area contributed by atoms with Crippen LogP contribution in [0.4, 0.5) is 0 Å². The molecule has 0 aliphatic heterocycles.